The fourth-order valence-electron chi connectivity index (χ4n) is 3.69. The first-order valence-electron chi connectivity index (χ1n) is 7.37. The first kappa shape index (κ1) is 11.3. The Labute approximate surface area is 114 Å². The molecule has 3 nitrogen and oxygen atoms in total. The maximum absolute atomic E-state index is 6.18. The van der Waals surface area contributed by atoms with Crippen molar-refractivity contribution in [3.63, 3.8) is 0 Å². The quantitative estimate of drug-likeness (QED) is 0.880. The van der Waals surface area contributed by atoms with Crippen LogP contribution < -0.4 is 5.73 Å². The van der Waals surface area contributed by atoms with Crippen LogP contribution in [0.5, 0.6) is 0 Å². The average Bonchev–Trinajstić information content (AvgIpc) is 3.08. The number of benzene rings is 1. The Morgan fingerprint density at radius 1 is 1.42 bits per heavy atom. The van der Waals surface area contributed by atoms with E-state index in [0.29, 0.717) is 0 Å². The van der Waals surface area contributed by atoms with Crippen molar-refractivity contribution in [2.75, 3.05) is 13.1 Å². The molecule has 1 unspecified atom stereocenters. The highest BCUT2D eigenvalue weighted by Crippen LogP contribution is 2.46. The maximum atomic E-state index is 6.18. The van der Waals surface area contributed by atoms with Crippen molar-refractivity contribution in [3.8, 4) is 0 Å². The molecule has 1 aromatic carbocycles. The number of rotatable bonds is 2. The maximum Gasteiger partial charge on any atom is 0.192 e. The molecule has 3 aliphatic rings. The number of aryl methyl sites for hydroxylation is 2. The normalized spacial score (nSPS) is 28.9. The van der Waals surface area contributed by atoms with Crippen LogP contribution in [0.1, 0.15) is 36.0 Å². The minimum atomic E-state index is 0.0774. The molecule has 1 heterocycles. The third-order valence-corrected chi connectivity index (χ3v) is 5.01. The van der Waals surface area contributed by atoms with Gasteiger partial charge in [-0.2, -0.15) is 0 Å². The van der Waals surface area contributed by atoms with Crippen LogP contribution in [0.3, 0.4) is 0 Å². The van der Waals surface area contributed by atoms with E-state index in [-0.39, 0.29) is 5.54 Å². The fourth-order valence-corrected chi connectivity index (χ4v) is 3.69. The van der Waals surface area contributed by atoms with Gasteiger partial charge in [-0.05, 0) is 49.7 Å². The van der Waals surface area contributed by atoms with Gasteiger partial charge in [0.1, 0.15) is 0 Å². The Balaban J connectivity index is 1.76. The van der Waals surface area contributed by atoms with Gasteiger partial charge >= 0.3 is 0 Å². The highest BCUT2D eigenvalue weighted by Gasteiger charge is 2.49. The second kappa shape index (κ2) is 3.75. The number of hydrogen-bond acceptors (Lipinski definition) is 3. The van der Waals surface area contributed by atoms with E-state index in [0.717, 1.165) is 25.0 Å². The third-order valence-electron chi connectivity index (χ3n) is 5.01. The summed E-state index contributed by atoms with van der Waals surface area (Å²) >= 11 is 0. The van der Waals surface area contributed by atoms with Crippen molar-refractivity contribution in [2.45, 2.75) is 38.1 Å². The Kier molecular flexibility index (Phi) is 2.23. The summed E-state index contributed by atoms with van der Waals surface area (Å²) in [5.74, 6) is 1.61. The molecule has 100 valence electrons. The summed E-state index contributed by atoms with van der Waals surface area (Å²) in [6.07, 6.45) is 5.06. The van der Waals surface area contributed by atoms with Crippen molar-refractivity contribution in [1.82, 2.24) is 4.90 Å². The predicted molar refractivity (Wildman–Crippen MR) is 77.1 cm³/mol. The molecule has 0 aromatic heterocycles. The summed E-state index contributed by atoms with van der Waals surface area (Å²) in [6.45, 7) is 4.13. The van der Waals surface area contributed by atoms with E-state index in [9.17, 15) is 0 Å². The lowest BCUT2D eigenvalue weighted by molar-refractivity contribution is 0.194. The molecule has 1 fully saturated rings. The monoisotopic (exact) mass is 255 g/mol. The van der Waals surface area contributed by atoms with Gasteiger partial charge in [0.05, 0.1) is 12.1 Å². The van der Waals surface area contributed by atoms with E-state index in [4.69, 9.17) is 5.73 Å². The predicted octanol–water partition coefficient (Wildman–Crippen LogP) is 2.18. The van der Waals surface area contributed by atoms with E-state index in [1.165, 1.54) is 42.4 Å². The van der Waals surface area contributed by atoms with Crippen molar-refractivity contribution >= 4 is 5.96 Å². The molecule has 3 heteroatoms. The number of fused-ring (bicyclic) bond motifs is 2. The van der Waals surface area contributed by atoms with Gasteiger partial charge < -0.3 is 10.6 Å². The van der Waals surface area contributed by atoms with Gasteiger partial charge in [-0.3, -0.25) is 4.99 Å². The van der Waals surface area contributed by atoms with Crippen LogP contribution in [-0.4, -0.2) is 23.9 Å². The van der Waals surface area contributed by atoms with Crippen molar-refractivity contribution in [2.24, 2.45) is 16.6 Å². The fraction of sp³-hybridized carbons (Fsp3) is 0.562. The van der Waals surface area contributed by atoms with E-state index >= 15 is 0 Å². The van der Waals surface area contributed by atoms with E-state index < -0.39 is 0 Å². The SMILES string of the molecule is Cc1ccc2c(c1)C1(CC2)CN=C(N)N1CC1CC1. The summed E-state index contributed by atoms with van der Waals surface area (Å²) < 4.78 is 0. The van der Waals surface area contributed by atoms with Gasteiger partial charge in [-0.25, -0.2) is 0 Å². The molecule has 1 aliphatic heterocycles. The van der Waals surface area contributed by atoms with E-state index in [1.807, 2.05) is 0 Å². The van der Waals surface area contributed by atoms with Crippen LogP contribution in [-0.2, 0) is 12.0 Å². The molecule has 1 saturated carbocycles. The van der Waals surface area contributed by atoms with Gasteiger partial charge in [0.15, 0.2) is 5.96 Å². The third kappa shape index (κ3) is 1.60. The van der Waals surface area contributed by atoms with E-state index in [1.54, 1.807) is 0 Å². The van der Waals surface area contributed by atoms with Crippen molar-refractivity contribution in [3.05, 3.63) is 34.9 Å². The lowest BCUT2D eigenvalue weighted by Gasteiger charge is -2.37. The topological polar surface area (TPSA) is 41.6 Å². The molecule has 1 spiro atoms. The molecule has 2 N–H and O–H groups in total. The summed E-state index contributed by atoms with van der Waals surface area (Å²) in [7, 11) is 0. The summed E-state index contributed by atoms with van der Waals surface area (Å²) in [5, 5.41) is 0. The largest absolute Gasteiger partial charge is 0.370 e. The summed E-state index contributed by atoms with van der Waals surface area (Å²) in [6, 6.07) is 6.88. The standard InChI is InChI=1S/C16H21N3/c1-11-2-5-13-6-7-16(14(13)8-11)10-18-15(17)19(16)9-12-3-4-12/h2,5,8,12H,3-4,6-7,9-10H2,1H3,(H2,17,18). The first-order valence-corrected chi connectivity index (χ1v) is 7.37. The van der Waals surface area contributed by atoms with E-state index in [2.05, 4.69) is 35.0 Å². The second-order valence-electron chi connectivity index (χ2n) is 6.42. The Bertz CT molecular complexity index is 559. The molecule has 2 aliphatic carbocycles. The van der Waals surface area contributed by atoms with Crippen molar-refractivity contribution in [1.29, 1.82) is 0 Å². The average molecular weight is 255 g/mol. The van der Waals surface area contributed by atoms with Gasteiger partial charge in [-0.15, -0.1) is 0 Å². The molecule has 0 amide bonds. The molecule has 4 rings (SSSR count). The van der Waals surface area contributed by atoms with Gasteiger partial charge in [0, 0.05) is 6.54 Å². The first-order chi connectivity index (χ1) is 9.19. The lowest BCUT2D eigenvalue weighted by Crippen LogP contribution is -2.49. The molecule has 1 atom stereocenters. The van der Waals surface area contributed by atoms with Crippen LogP contribution in [0, 0.1) is 12.8 Å². The van der Waals surface area contributed by atoms with Crippen LogP contribution in [0.2, 0.25) is 0 Å². The Morgan fingerprint density at radius 3 is 3.05 bits per heavy atom. The number of guanidine groups is 1. The van der Waals surface area contributed by atoms with Crippen LogP contribution >= 0.6 is 0 Å². The van der Waals surface area contributed by atoms with Gasteiger partial charge in [0.25, 0.3) is 0 Å². The molecule has 0 bridgehead atoms. The summed E-state index contributed by atoms with van der Waals surface area (Å²) in [5.41, 5.74) is 10.6. The van der Waals surface area contributed by atoms with Gasteiger partial charge in [-0.1, -0.05) is 23.8 Å². The number of hydrogen-bond donors (Lipinski definition) is 1. The molecule has 19 heavy (non-hydrogen) atoms. The number of aliphatic imine (C=N–C) groups is 1. The Hall–Kier alpha value is -1.51. The summed E-state index contributed by atoms with van der Waals surface area (Å²) in [4.78, 5) is 7.00. The zero-order chi connectivity index (χ0) is 13.0. The zero-order valence-electron chi connectivity index (χ0n) is 11.5. The molecular weight excluding hydrogens is 234 g/mol. The molecular formula is C16H21N3. The number of nitrogens with zero attached hydrogens (tertiary/aromatic N) is 2. The van der Waals surface area contributed by atoms with Gasteiger partial charge in [0.2, 0.25) is 0 Å². The van der Waals surface area contributed by atoms with Crippen LogP contribution in [0.4, 0.5) is 0 Å². The Morgan fingerprint density at radius 2 is 2.26 bits per heavy atom. The number of nitrogens with two attached hydrogens (primary N) is 1. The lowest BCUT2D eigenvalue weighted by atomic mass is 9.89. The van der Waals surface area contributed by atoms with Crippen LogP contribution in [0.15, 0.2) is 23.2 Å². The zero-order valence-corrected chi connectivity index (χ0v) is 11.5. The second-order valence-corrected chi connectivity index (χ2v) is 6.42. The minimum absolute atomic E-state index is 0.0774. The molecule has 1 aromatic rings. The molecule has 0 saturated heterocycles. The highest BCUT2D eigenvalue weighted by atomic mass is 15.4. The van der Waals surface area contributed by atoms with Crippen LogP contribution in [0.25, 0.3) is 0 Å². The van der Waals surface area contributed by atoms with Crippen molar-refractivity contribution < 1.29 is 0 Å². The minimum Gasteiger partial charge on any atom is -0.370 e. The molecule has 0 radical (unpaired) electrons. The smallest absolute Gasteiger partial charge is 0.192 e. The highest BCUT2D eigenvalue weighted by molar-refractivity contribution is 5.82.